The van der Waals surface area contributed by atoms with Crippen molar-refractivity contribution in [1.29, 1.82) is 0 Å². The van der Waals surface area contributed by atoms with Crippen molar-refractivity contribution in [2.75, 3.05) is 0 Å². The van der Waals surface area contributed by atoms with E-state index in [0.29, 0.717) is 23.7 Å². The van der Waals surface area contributed by atoms with Crippen molar-refractivity contribution in [2.45, 2.75) is 52.2 Å². The van der Waals surface area contributed by atoms with Crippen molar-refractivity contribution in [3.63, 3.8) is 0 Å². The maximum atomic E-state index is 12.0. The lowest BCUT2D eigenvalue weighted by atomic mass is 9.99. The van der Waals surface area contributed by atoms with Gasteiger partial charge in [-0.15, -0.1) is 0 Å². The zero-order valence-corrected chi connectivity index (χ0v) is 15.7. The summed E-state index contributed by atoms with van der Waals surface area (Å²) in [4.78, 5) is 18.5. The summed E-state index contributed by atoms with van der Waals surface area (Å²) in [7, 11) is 0. The second-order valence-corrected chi connectivity index (χ2v) is 7.34. The topological polar surface area (TPSA) is 66.6 Å². The molecule has 0 atom stereocenters. The monoisotopic (exact) mass is 364 g/mol. The minimum absolute atomic E-state index is 0.246. The fourth-order valence-corrected chi connectivity index (χ4v) is 3.67. The van der Waals surface area contributed by atoms with E-state index in [1.807, 2.05) is 32.2 Å². The lowest BCUT2D eigenvalue weighted by molar-refractivity contribution is 0.242. The van der Waals surface area contributed by atoms with Gasteiger partial charge in [-0.05, 0) is 55.0 Å². The van der Waals surface area contributed by atoms with E-state index in [2.05, 4.69) is 16.0 Å². The van der Waals surface area contributed by atoms with Crippen LogP contribution in [0.4, 0.5) is 0 Å². The molecule has 0 amide bonds. The molecule has 1 N–H and O–H groups in total. The largest absolute Gasteiger partial charge is 0.507 e. The fraction of sp³-hybridized carbons (Fsp3) is 0.364. The Morgan fingerprint density at radius 1 is 1.30 bits per heavy atom. The summed E-state index contributed by atoms with van der Waals surface area (Å²) in [5, 5.41) is 11.8. The number of aryl methyl sites for hydroxylation is 2. The van der Waals surface area contributed by atoms with Gasteiger partial charge in [0.05, 0.1) is 5.56 Å². The summed E-state index contributed by atoms with van der Waals surface area (Å²) >= 11 is 0. The molecule has 2 heterocycles. The quantitative estimate of drug-likeness (QED) is 0.671. The average Bonchev–Trinajstić information content (AvgIpc) is 3.49. The minimum Gasteiger partial charge on any atom is -0.507 e. The van der Waals surface area contributed by atoms with Crippen molar-refractivity contribution >= 4 is 11.0 Å². The minimum atomic E-state index is -0.380. The smallest absolute Gasteiger partial charge is 0.336 e. The number of hydrogen-bond donors (Lipinski definition) is 1. The maximum Gasteiger partial charge on any atom is 0.336 e. The first kappa shape index (κ1) is 17.7. The first-order valence-corrected chi connectivity index (χ1v) is 9.48. The van der Waals surface area contributed by atoms with Crippen LogP contribution in [0.3, 0.4) is 0 Å². The number of aromatic nitrogens is 1. The van der Waals surface area contributed by atoms with Crippen molar-refractivity contribution < 1.29 is 9.52 Å². The molecule has 1 aromatic carbocycles. The number of hydrogen-bond acceptors (Lipinski definition) is 5. The number of nitrogens with zero attached hydrogens (tertiary/aromatic N) is 2. The molecule has 4 rings (SSSR count). The normalized spacial score (nSPS) is 14.2. The highest BCUT2D eigenvalue weighted by Gasteiger charge is 2.31. The maximum absolute atomic E-state index is 12.0. The van der Waals surface area contributed by atoms with Gasteiger partial charge >= 0.3 is 5.63 Å². The number of benzene rings is 1. The van der Waals surface area contributed by atoms with Gasteiger partial charge < -0.3 is 9.52 Å². The Hall–Kier alpha value is -2.66. The Kier molecular flexibility index (Phi) is 4.70. The molecule has 0 bridgehead atoms. The van der Waals surface area contributed by atoms with Crippen molar-refractivity contribution in [1.82, 2.24) is 9.88 Å². The van der Waals surface area contributed by atoms with Crippen LogP contribution in [0, 0.1) is 6.92 Å². The predicted molar refractivity (Wildman–Crippen MR) is 105 cm³/mol. The third kappa shape index (κ3) is 3.60. The Labute approximate surface area is 158 Å². The van der Waals surface area contributed by atoms with E-state index in [1.165, 1.54) is 6.07 Å². The Morgan fingerprint density at radius 3 is 2.78 bits per heavy atom. The van der Waals surface area contributed by atoms with Gasteiger partial charge in [-0.25, -0.2) is 4.79 Å². The molecule has 1 aliphatic carbocycles. The van der Waals surface area contributed by atoms with Crippen LogP contribution < -0.4 is 5.63 Å². The third-order valence-corrected chi connectivity index (χ3v) is 5.30. The van der Waals surface area contributed by atoms with E-state index in [-0.39, 0.29) is 11.4 Å². The Morgan fingerprint density at radius 2 is 2.11 bits per heavy atom. The highest BCUT2D eigenvalue weighted by atomic mass is 16.4. The molecule has 1 aliphatic rings. The van der Waals surface area contributed by atoms with Crippen molar-refractivity contribution in [2.24, 2.45) is 0 Å². The Bertz CT molecular complexity index is 1020. The second-order valence-electron chi connectivity index (χ2n) is 7.34. The van der Waals surface area contributed by atoms with Crippen LogP contribution in [0.2, 0.25) is 0 Å². The highest BCUT2D eigenvalue weighted by molar-refractivity contribution is 5.86. The van der Waals surface area contributed by atoms with Gasteiger partial charge in [0.25, 0.3) is 0 Å². The lowest BCUT2D eigenvalue weighted by Gasteiger charge is -2.24. The van der Waals surface area contributed by atoms with E-state index >= 15 is 0 Å². The number of phenolic OH excluding ortho intramolecular Hbond substituents is 1. The summed E-state index contributed by atoms with van der Waals surface area (Å²) < 4.78 is 5.55. The molecular weight excluding hydrogens is 340 g/mol. The summed E-state index contributed by atoms with van der Waals surface area (Å²) in [6.45, 7) is 5.23. The molecule has 0 aliphatic heterocycles. The summed E-state index contributed by atoms with van der Waals surface area (Å²) in [5.74, 6) is 0.246. The van der Waals surface area contributed by atoms with Crippen molar-refractivity contribution in [3.8, 4) is 5.75 Å². The zero-order valence-electron chi connectivity index (χ0n) is 15.7. The van der Waals surface area contributed by atoms with Gasteiger partial charge in [-0.1, -0.05) is 13.0 Å². The number of aromatic hydroxyl groups is 1. The van der Waals surface area contributed by atoms with Gasteiger partial charge in [0.1, 0.15) is 11.3 Å². The summed E-state index contributed by atoms with van der Waals surface area (Å²) in [5.41, 5.74) is 3.73. The van der Waals surface area contributed by atoms with Crippen LogP contribution in [0.25, 0.3) is 11.0 Å². The zero-order chi connectivity index (χ0) is 19.0. The lowest BCUT2D eigenvalue weighted by Crippen LogP contribution is -2.25. The molecular formula is C22H24N2O3. The van der Waals surface area contributed by atoms with Gasteiger partial charge in [-0.2, -0.15) is 0 Å². The van der Waals surface area contributed by atoms with Gasteiger partial charge in [0, 0.05) is 43.0 Å². The van der Waals surface area contributed by atoms with E-state index in [0.717, 1.165) is 47.9 Å². The SMILES string of the molecule is CCc1cc2c(C)cc(=O)oc2c(CN(Cc2cccnc2)C2CC2)c1O. The average molecular weight is 364 g/mol. The molecule has 5 nitrogen and oxygen atoms in total. The van der Waals surface area contributed by atoms with Crippen molar-refractivity contribution in [3.05, 3.63) is 69.3 Å². The molecule has 1 fully saturated rings. The number of phenols is 1. The molecule has 0 spiro atoms. The Balaban J connectivity index is 1.79. The third-order valence-electron chi connectivity index (χ3n) is 5.30. The highest BCUT2D eigenvalue weighted by Crippen LogP contribution is 2.37. The first-order chi connectivity index (χ1) is 13.1. The summed E-state index contributed by atoms with van der Waals surface area (Å²) in [6.07, 6.45) is 6.66. The van der Waals surface area contributed by atoms with E-state index in [1.54, 1.807) is 6.20 Å². The van der Waals surface area contributed by atoms with E-state index < -0.39 is 0 Å². The van der Waals surface area contributed by atoms with Gasteiger partial charge in [0.15, 0.2) is 0 Å². The first-order valence-electron chi connectivity index (χ1n) is 9.48. The molecule has 2 aromatic heterocycles. The second kappa shape index (κ2) is 7.16. The predicted octanol–water partition coefficient (Wildman–Crippen LogP) is 3.93. The molecule has 3 aromatic rings. The van der Waals surface area contributed by atoms with Crippen LogP contribution in [-0.4, -0.2) is 21.0 Å². The summed E-state index contributed by atoms with van der Waals surface area (Å²) in [6, 6.07) is 7.94. The standard InChI is InChI=1S/C22H24N2O3/c1-3-16-10-18-14(2)9-20(25)27-22(18)19(21(16)26)13-24(17-6-7-17)12-15-5-4-8-23-11-15/h4-5,8-11,17,26H,3,6-7,12-13H2,1-2H3. The van der Waals surface area contributed by atoms with Crippen LogP contribution in [0.5, 0.6) is 5.75 Å². The molecule has 0 radical (unpaired) electrons. The number of rotatable bonds is 6. The van der Waals surface area contributed by atoms with Crippen LogP contribution >= 0.6 is 0 Å². The number of fused-ring (bicyclic) bond motifs is 1. The van der Waals surface area contributed by atoms with E-state index in [4.69, 9.17) is 4.42 Å². The molecule has 5 heteroatoms. The molecule has 1 saturated carbocycles. The molecule has 140 valence electrons. The van der Waals surface area contributed by atoms with E-state index in [9.17, 15) is 9.90 Å². The molecule has 0 saturated heterocycles. The van der Waals surface area contributed by atoms with Crippen LogP contribution in [0.1, 0.15) is 42.0 Å². The van der Waals surface area contributed by atoms with Crippen LogP contribution in [0.15, 0.2) is 45.9 Å². The fourth-order valence-electron chi connectivity index (χ4n) is 3.67. The molecule has 27 heavy (non-hydrogen) atoms. The van der Waals surface area contributed by atoms with Gasteiger partial charge in [-0.3, -0.25) is 9.88 Å². The van der Waals surface area contributed by atoms with Crippen LogP contribution in [-0.2, 0) is 19.5 Å². The number of pyridine rings is 1. The van der Waals surface area contributed by atoms with Gasteiger partial charge in [0.2, 0.25) is 0 Å². The molecule has 0 unspecified atom stereocenters.